The highest BCUT2D eigenvalue weighted by Crippen LogP contribution is 2.47. The van der Waals surface area contributed by atoms with Crippen LogP contribution in [0.5, 0.6) is 0 Å². The highest BCUT2D eigenvalue weighted by Gasteiger charge is 2.44. The van der Waals surface area contributed by atoms with E-state index in [2.05, 4.69) is 15.6 Å². The van der Waals surface area contributed by atoms with Crippen LogP contribution in [-0.4, -0.2) is 38.8 Å². The highest BCUT2D eigenvalue weighted by molar-refractivity contribution is 5.79. The second-order valence-electron chi connectivity index (χ2n) is 6.53. The molecule has 1 aliphatic carbocycles. The van der Waals surface area contributed by atoms with Crippen LogP contribution in [0.15, 0.2) is 29.3 Å². The maximum Gasteiger partial charge on any atom is 0.191 e. The molecule has 22 heavy (non-hydrogen) atoms. The molecule has 1 aromatic carbocycles. The Bertz CT molecular complexity index is 521. The van der Waals surface area contributed by atoms with Crippen molar-refractivity contribution in [2.24, 2.45) is 4.99 Å². The van der Waals surface area contributed by atoms with E-state index < -0.39 is 0 Å². The van der Waals surface area contributed by atoms with Crippen LogP contribution in [-0.2, 0) is 10.2 Å². The molecule has 5 heteroatoms. The number of guanidine groups is 1. The summed E-state index contributed by atoms with van der Waals surface area (Å²) in [6, 6.07) is 6.83. The van der Waals surface area contributed by atoms with Gasteiger partial charge in [0, 0.05) is 32.7 Å². The van der Waals surface area contributed by atoms with Crippen molar-refractivity contribution in [3.8, 4) is 0 Å². The molecule has 0 bridgehead atoms. The lowest BCUT2D eigenvalue weighted by atomic mass is 9.96. The standard InChI is InChI=1S/C17H26FN3O/c1-16(2,22-4)11-20-15(19-3)21-12-17(9-10-17)13-5-7-14(18)8-6-13/h5-8H,9-12H2,1-4H3,(H2,19,20,21). The van der Waals surface area contributed by atoms with Crippen molar-refractivity contribution in [1.29, 1.82) is 0 Å². The lowest BCUT2D eigenvalue weighted by Crippen LogP contribution is -2.47. The minimum Gasteiger partial charge on any atom is -0.377 e. The third kappa shape index (κ3) is 4.19. The van der Waals surface area contributed by atoms with Crippen LogP contribution in [0.1, 0.15) is 32.3 Å². The van der Waals surface area contributed by atoms with E-state index in [-0.39, 0.29) is 16.8 Å². The fourth-order valence-corrected chi connectivity index (χ4v) is 2.36. The predicted molar refractivity (Wildman–Crippen MR) is 87.8 cm³/mol. The maximum atomic E-state index is 13.1. The Morgan fingerprint density at radius 3 is 2.41 bits per heavy atom. The van der Waals surface area contributed by atoms with Gasteiger partial charge in [0.1, 0.15) is 5.82 Å². The molecule has 0 saturated heterocycles. The van der Waals surface area contributed by atoms with E-state index >= 15 is 0 Å². The topological polar surface area (TPSA) is 45.7 Å². The molecule has 1 saturated carbocycles. The molecule has 1 aliphatic rings. The molecule has 4 nitrogen and oxygen atoms in total. The Morgan fingerprint density at radius 1 is 1.27 bits per heavy atom. The van der Waals surface area contributed by atoms with Gasteiger partial charge < -0.3 is 15.4 Å². The van der Waals surface area contributed by atoms with Gasteiger partial charge in [0.15, 0.2) is 5.96 Å². The maximum absolute atomic E-state index is 13.1. The number of aliphatic imine (C=N–C) groups is 1. The van der Waals surface area contributed by atoms with Crippen molar-refractivity contribution in [1.82, 2.24) is 10.6 Å². The van der Waals surface area contributed by atoms with Crippen LogP contribution < -0.4 is 10.6 Å². The SMILES string of the molecule is CN=C(NCC(C)(C)OC)NCC1(c2ccc(F)cc2)CC1. The van der Waals surface area contributed by atoms with Crippen LogP contribution in [0.4, 0.5) is 4.39 Å². The highest BCUT2D eigenvalue weighted by atomic mass is 19.1. The predicted octanol–water partition coefficient (Wildman–Crippen LogP) is 2.45. The zero-order valence-electron chi connectivity index (χ0n) is 13.9. The molecule has 0 spiro atoms. The average molecular weight is 307 g/mol. The number of hydrogen-bond donors (Lipinski definition) is 2. The summed E-state index contributed by atoms with van der Waals surface area (Å²) in [5, 5.41) is 6.65. The number of ether oxygens (including phenoxy) is 1. The zero-order valence-corrected chi connectivity index (χ0v) is 13.9. The van der Waals surface area contributed by atoms with Crippen molar-refractivity contribution < 1.29 is 9.13 Å². The molecule has 0 radical (unpaired) electrons. The molecule has 0 amide bonds. The Balaban J connectivity index is 1.89. The Morgan fingerprint density at radius 2 is 1.91 bits per heavy atom. The fourth-order valence-electron chi connectivity index (χ4n) is 2.36. The van der Waals surface area contributed by atoms with E-state index in [0.29, 0.717) is 6.54 Å². The van der Waals surface area contributed by atoms with Crippen molar-refractivity contribution in [2.75, 3.05) is 27.2 Å². The lowest BCUT2D eigenvalue weighted by molar-refractivity contribution is 0.0268. The Hall–Kier alpha value is -1.62. The zero-order chi connectivity index (χ0) is 16.2. The smallest absolute Gasteiger partial charge is 0.191 e. The van der Waals surface area contributed by atoms with E-state index in [0.717, 1.165) is 25.3 Å². The summed E-state index contributed by atoms with van der Waals surface area (Å²) in [6.45, 7) is 5.51. The van der Waals surface area contributed by atoms with Crippen molar-refractivity contribution in [3.63, 3.8) is 0 Å². The average Bonchev–Trinajstić information content (AvgIpc) is 3.29. The number of nitrogens with one attached hydrogen (secondary N) is 2. The van der Waals surface area contributed by atoms with Crippen molar-refractivity contribution >= 4 is 5.96 Å². The summed E-state index contributed by atoms with van der Waals surface area (Å²) in [5.74, 6) is 0.574. The van der Waals surface area contributed by atoms with Gasteiger partial charge in [0.05, 0.1) is 5.60 Å². The number of nitrogens with zero attached hydrogens (tertiary/aromatic N) is 1. The monoisotopic (exact) mass is 307 g/mol. The molecule has 0 atom stereocenters. The number of methoxy groups -OCH3 is 1. The molecular weight excluding hydrogens is 281 g/mol. The Kier molecular flexibility index (Phi) is 5.06. The van der Waals surface area contributed by atoms with Crippen LogP contribution in [0.25, 0.3) is 0 Å². The van der Waals surface area contributed by atoms with Crippen LogP contribution >= 0.6 is 0 Å². The van der Waals surface area contributed by atoms with E-state index in [1.807, 2.05) is 26.0 Å². The largest absolute Gasteiger partial charge is 0.377 e. The molecule has 1 aromatic rings. The van der Waals surface area contributed by atoms with Crippen LogP contribution in [0, 0.1) is 5.82 Å². The number of rotatable bonds is 6. The van der Waals surface area contributed by atoms with Gasteiger partial charge in [0.25, 0.3) is 0 Å². The quantitative estimate of drug-likeness (QED) is 0.627. The first-order valence-corrected chi connectivity index (χ1v) is 7.66. The molecule has 0 aromatic heterocycles. The second-order valence-corrected chi connectivity index (χ2v) is 6.53. The minimum absolute atomic E-state index is 0.113. The van der Waals surface area contributed by atoms with Gasteiger partial charge in [-0.1, -0.05) is 12.1 Å². The van der Waals surface area contributed by atoms with E-state index in [1.165, 1.54) is 17.7 Å². The summed E-state index contributed by atoms with van der Waals surface area (Å²) in [7, 11) is 3.46. The molecular formula is C17H26FN3O. The molecule has 0 unspecified atom stereocenters. The van der Waals surface area contributed by atoms with Gasteiger partial charge in [-0.2, -0.15) is 0 Å². The van der Waals surface area contributed by atoms with Gasteiger partial charge >= 0.3 is 0 Å². The summed E-state index contributed by atoms with van der Waals surface area (Å²) in [6.07, 6.45) is 2.23. The van der Waals surface area contributed by atoms with Crippen LogP contribution in [0.2, 0.25) is 0 Å². The first kappa shape index (κ1) is 16.7. The number of benzene rings is 1. The third-order valence-electron chi connectivity index (χ3n) is 4.36. The molecule has 1 fully saturated rings. The molecule has 0 heterocycles. The Labute approximate surface area is 132 Å². The third-order valence-corrected chi connectivity index (χ3v) is 4.36. The molecule has 0 aliphatic heterocycles. The van der Waals surface area contributed by atoms with Gasteiger partial charge in [-0.15, -0.1) is 0 Å². The van der Waals surface area contributed by atoms with Crippen LogP contribution in [0.3, 0.4) is 0 Å². The van der Waals surface area contributed by atoms with E-state index in [4.69, 9.17) is 4.74 Å². The second kappa shape index (κ2) is 6.65. The first-order valence-electron chi connectivity index (χ1n) is 7.66. The van der Waals surface area contributed by atoms with E-state index in [9.17, 15) is 4.39 Å². The fraction of sp³-hybridized carbons (Fsp3) is 0.588. The first-order chi connectivity index (χ1) is 10.4. The van der Waals surface area contributed by atoms with Gasteiger partial charge in [0.2, 0.25) is 0 Å². The number of hydrogen-bond acceptors (Lipinski definition) is 2. The molecule has 2 rings (SSSR count). The summed E-state index contributed by atoms with van der Waals surface area (Å²) < 4.78 is 18.4. The van der Waals surface area contributed by atoms with E-state index in [1.54, 1.807) is 14.2 Å². The summed E-state index contributed by atoms with van der Waals surface area (Å²) in [5.41, 5.74) is 1.06. The normalized spacial score (nSPS) is 17.2. The summed E-state index contributed by atoms with van der Waals surface area (Å²) >= 11 is 0. The molecule has 122 valence electrons. The van der Waals surface area contributed by atoms with Gasteiger partial charge in [-0.3, -0.25) is 4.99 Å². The van der Waals surface area contributed by atoms with Gasteiger partial charge in [-0.25, -0.2) is 4.39 Å². The van der Waals surface area contributed by atoms with Crippen molar-refractivity contribution in [3.05, 3.63) is 35.6 Å². The van der Waals surface area contributed by atoms with Gasteiger partial charge in [-0.05, 0) is 44.4 Å². The van der Waals surface area contributed by atoms with Crippen molar-refractivity contribution in [2.45, 2.75) is 37.7 Å². The summed E-state index contributed by atoms with van der Waals surface area (Å²) in [4.78, 5) is 4.24. The lowest BCUT2D eigenvalue weighted by Gasteiger charge is -2.25. The number of halogens is 1. The minimum atomic E-state index is -0.244. The molecule has 2 N–H and O–H groups in total.